The SMILES string of the molecule is C[C@H](NC(=O)c1ccccc1COC1CCOCC1)C(C)(C)C. The van der Waals surface area contributed by atoms with Gasteiger partial charge >= 0.3 is 0 Å². The minimum Gasteiger partial charge on any atom is -0.381 e. The lowest BCUT2D eigenvalue weighted by Gasteiger charge is -2.28. The second-order valence-electron chi connectivity index (χ2n) is 7.34. The molecule has 128 valence electrons. The van der Waals surface area contributed by atoms with Gasteiger partial charge in [-0.15, -0.1) is 0 Å². The van der Waals surface area contributed by atoms with Crippen molar-refractivity contribution in [1.29, 1.82) is 0 Å². The Bertz CT molecular complexity index is 516. The first-order valence-electron chi connectivity index (χ1n) is 8.46. The Morgan fingerprint density at radius 2 is 1.96 bits per heavy atom. The lowest BCUT2D eigenvalue weighted by molar-refractivity contribution is -0.0392. The standard InChI is InChI=1S/C19H29NO3/c1-14(19(2,3)4)20-18(21)17-8-6-5-7-15(17)13-23-16-9-11-22-12-10-16/h5-8,14,16H,9-13H2,1-4H3,(H,20,21)/t14-/m0/s1. The third kappa shape index (κ3) is 5.33. The summed E-state index contributed by atoms with van der Waals surface area (Å²) in [4.78, 5) is 12.6. The zero-order valence-corrected chi connectivity index (χ0v) is 14.7. The molecule has 0 unspecified atom stereocenters. The molecule has 4 nitrogen and oxygen atoms in total. The van der Waals surface area contributed by atoms with Gasteiger partial charge in [0.25, 0.3) is 5.91 Å². The van der Waals surface area contributed by atoms with E-state index in [4.69, 9.17) is 9.47 Å². The van der Waals surface area contributed by atoms with Crippen molar-refractivity contribution >= 4 is 5.91 Å². The lowest BCUT2D eigenvalue weighted by Crippen LogP contribution is -2.41. The van der Waals surface area contributed by atoms with Crippen LogP contribution in [0.2, 0.25) is 0 Å². The van der Waals surface area contributed by atoms with Crippen LogP contribution < -0.4 is 5.32 Å². The summed E-state index contributed by atoms with van der Waals surface area (Å²) in [6.45, 7) is 10.4. The van der Waals surface area contributed by atoms with Crippen molar-refractivity contribution in [3.05, 3.63) is 35.4 Å². The number of rotatable bonds is 5. The smallest absolute Gasteiger partial charge is 0.251 e. The number of nitrogens with one attached hydrogen (secondary N) is 1. The summed E-state index contributed by atoms with van der Waals surface area (Å²) in [5, 5.41) is 3.10. The average Bonchev–Trinajstić information content (AvgIpc) is 2.53. The topological polar surface area (TPSA) is 47.6 Å². The van der Waals surface area contributed by atoms with E-state index in [1.54, 1.807) is 0 Å². The third-order valence-electron chi connectivity index (χ3n) is 4.55. The van der Waals surface area contributed by atoms with Gasteiger partial charge in [0.2, 0.25) is 0 Å². The van der Waals surface area contributed by atoms with Crippen LogP contribution in [0.1, 0.15) is 56.5 Å². The van der Waals surface area contributed by atoms with Crippen LogP contribution in [0.5, 0.6) is 0 Å². The van der Waals surface area contributed by atoms with E-state index in [1.807, 2.05) is 31.2 Å². The molecule has 1 saturated heterocycles. The van der Waals surface area contributed by atoms with Gasteiger partial charge < -0.3 is 14.8 Å². The van der Waals surface area contributed by atoms with E-state index < -0.39 is 0 Å². The zero-order valence-electron chi connectivity index (χ0n) is 14.7. The molecule has 0 bridgehead atoms. The molecule has 0 spiro atoms. The number of amides is 1. The minimum absolute atomic E-state index is 0.0291. The van der Waals surface area contributed by atoms with Crippen molar-refractivity contribution in [2.75, 3.05) is 13.2 Å². The molecule has 1 amide bonds. The highest BCUT2D eigenvalue weighted by Gasteiger charge is 2.23. The van der Waals surface area contributed by atoms with Gasteiger partial charge in [0.1, 0.15) is 0 Å². The third-order valence-corrected chi connectivity index (χ3v) is 4.55. The Morgan fingerprint density at radius 1 is 1.30 bits per heavy atom. The van der Waals surface area contributed by atoms with Crippen molar-refractivity contribution in [3.63, 3.8) is 0 Å². The van der Waals surface area contributed by atoms with Gasteiger partial charge in [-0.05, 0) is 36.8 Å². The normalized spacial score (nSPS) is 17.7. The molecule has 23 heavy (non-hydrogen) atoms. The molecule has 4 heteroatoms. The molecule has 1 atom stereocenters. The number of benzene rings is 1. The Morgan fingerprint density at radius 3 is 2.61 bits per heavy atom. The van der Waals surface area contributed by atoms with Gasteiger partial charge in [-0.25, -0.2) is 0 Å². The first-order valence-corrected chi connectivity index (χ1v) is 8.46. The molecule has 1 aliphatic heterocycles. The average molecular weight is 319 g/mol. The summed E-state index contributed by atoms with van der Waals surface area (Å²) in [7, 11) is 0. The Balaban J connectivity index is 2.00. The number of ether oxygens (including phenoxy) is 2. The summed E-state index contributed by atoms with van der Waals surface area (Å²) in [5.74, 6) is -0.0291. The fourth-order valence-electron chi connectivity index (χ4n) is 2.41. The van der Waals surface area contributed by atoms with E-state index in [-0.39, 0.29) is 23.5 Å². The van der Waals surface area contributed by atoms with Crippen LogP contribution in [0.15, 0.2) is 24.3 Å². The maximum Gasteiger partial charge on any atom is 0.251 e. The first-order chi connectivity index (χ1) is 10.9. The van der Waals surface area contributed by atoms with Crippen LogP contribution in [0.25, 0.3) is 0 Å². The molecule has 1 N–H and O–H groups in total. The van der Waals surface area contributed by atoms with Crippen LogP contribution in [-0.4, -0.2) is 31.3 Å². The Labute approximate surface area is 139 Å². The van der Waals surface area contributed by atoms with Crippen molar-refractivity contribution < 1.29 is 14.3 Å². The molecule has 0 saturated carbocycles. The number of hydrogen-bond acceptors (Lipinski definition) is 3. The second-order valence-corrected chi connectivity index (χ2v) is 7.34. The zero-order chi connectivity index (χ0) is 16.9. The summed E-state index contributed by atoms with van der Waals surface area (Å²) >= 11 is 0. The van der Waals surface area contributed by atoms with E-state index in [0.29, 0.717) is 12.2 Å². The monoisotopic (exact) mass is 319 g/mol. The van der Waals surface area contributed by atoms with Gasteiger partial charge in [0, 0.05) is 24.8 Å². The molecule has 0 radical (unpaired) electrons. The molecule has 1 aromatic rings. The van der Waals surface area contributed by atoms with E-state index in [0.717, 1.165) is 31.6 Å². The number of carbonyl (C=O) groups is 1. The lowest BCUT2D eigenvalue weighted by atomic mass is 9.88. The van der Waals surface area contributed by atoms with Crippen molar-refractivity contribution in [1.82, 2.24) is 5.32 Å². The molecular weight excluding hydrogens is 290 g/mol. The quantitative estimate of drug-likeness (QED) is 0.903. The van der Waals surface area contributed by atoms with Crippen molar-refractivity contribution in [2.24, 2.45) is 5.41 Å². The molecule has 0 aromatic heterocycles. The fraction of sp³-hybridized carbons (Fsp3) is 0.632. The number of carbonyl (C=O) groups excluding carboxylic acids is 1. The van der Waals surface area contributed by atoms with Crippen molar-refractivity contribution in [2.45, 2.75) is 59.3 Å². The summed E-state index contributed by atoms with van der Waals surface area (Å²) in [6, 6.07) is 7.78. The molecule has 0 aliphatic carbocycles. The van der Waals surface area contributed by atoms with E-state index in [2.05, 4.69) is 26.1 Å². The first kappa shape index (κ1) is 18.0. The Kier molecular flexibility index (Phi) is 6.19. The highest BCUT2D eigenvalue weighted by atomic mass is 16.5. The van der Waals surface area contributed by atoms with Crippen LogP contribution in [0.4, 0.5) is 0 Å². The van der Waals surface area contributed by atoms with Gasteiger partial charge in [-0.2, -0.15) is 0 Å². The maximum atomic E-state index is 12.6. The fourth-order valence-corrected chi connectivity index (χ4v) is 2.41. The van der Waals surface area contributed by atoms with Crippen LogP contribution in [0, 0.1) is 5.41 Å². The molecule has 1 aliphatic rings. The van der Waals surface area contributed by atoms with E-state index >= 15 is 0 Å². The summed E-state index contributed by atoms with van der Waals surface area (Å²) < 4.78 is 11.3. The molecule has 1 aromatic carbocycles. The summed E-state index contributed by atoms with van der Waals surface area (Å²) in [6.07, 6.45) is 2.08. The van der Waals surface area contributed by atoms with Gasteiger partial charge in [0.15, 0.2) is 0 Å². The highest BCUT2D eigenvalue weighted by Crippen LogP contribution is 2.20. The highest BCUT2D eigenvalue weighted by molar-refractivity contribution is 5.95. The predicted molar refractivity (Wildman–Crippen MR) is 91.5 cm³/mol. The molecular formula is C19H29NO3. The van der Waals surface area contributed by atoms with Gasteiger partial charge in [-0.1, -0.05) is 39.0 Å². The van der Waals surface area contributed by atoms with Crippen LogP contribution in [-0.2, 0) is 16.1 Å². The second kappa shape index (κ2) is 7.93. The largest absolute Gasteiger partial charge is 0.381 e. The molecule has 1 fully saturated rings. The molecule has 1 heterocycles. The van der Waals surface area contributed by atoms with Crippen molar-refractivity contribution in [3.8, 4) is 0 Å². The maximum absolute atomic E-state index is 12.6. The van der Waals surface area contributed by atoms with E-state index in [1.165, 1.54) is 0 Å². The predicted octanol–water partition coefficient (Wildman–Crippen LogP) is 3.55. The molecule has 2 rings (SSSR count). The Hall–Kier alpha value is -1.39. The van der Waals surface area contributed by atoms with E-state index in [9.17, 15) is 4.79 Å². The number of hydrogen-bond donors (Lipinski definition) is 1. The van der Waals surface area contributed by atoms with Crippen LogP contribution in [0.3, 0.4) is 0 Å². The minimum atomic E-state index is -0.0291. The van der Waals surface area contributed by atoms with Crippen LogP contribution >= 0.6 is 0 Å². The van der Waals surface area contributed by atoms with Gasteiger partial charge in [-0.3, -0.25) is 4.79 Å². The summed E-state index contributed by atoms with van der Waals surface area (Å²) in [5.41, 5.74) is 1.68. The van der Waals surface area contributed by atoms with Gasteiger partial charge in [0.05, 0.1) is 12.7 Å².